The fourth-order valence-electron chi connectivity index (χ4n) is 2.51. The predicted molar refractivity (Wildman–Crippen MR) is 101 cm³/mol. The number of aryl methyl sites for hydroxylation is 1. The maximum absolute atomic E-state index is 12.7. The van der Waals surface area contributed by atoms with Crippen molar-refractivity contribution >= 4 is 28.3 Å². The molecular formula is C19H20N2O4S. The number of hydrogen-bond acceptors (Lipinski definition) is 7. The Morgan fingerprint density at radius 1 is 1.42 bits per heavy atom. The molecule has 0 spiro atoms. The van der Waals surface area contributed by atoms with Gasteiger partial charge in [0.2, 0.25) is 5.43 Å². The van der Waals surface area contributed by atoms with Crippen LogP contribution in [0.25, 0.3) is 22.2 Å². The second-order valence-electron chi connectivity index (χ2n) is 6.22. The molecule has 0 bridgehead atoms. The summed E-state index contributed by atoms with van der Waals surface area (Å²) in [6.07, 6.45) is 2.16. The van der Waals surface area contributed by atoms with Crippen molar-refractivity contribution in [3.63, 3.8) is 0 Å². The molecule has 2 heterocycles. The SMILES string of the molecule is CC[C@@H](C)[C@@H](N)C(=O)Oc1ccc2c(=O)c(-c3csc(C)n3)coc2c1. The monoisotopic (exact) mass is 372 g/mol. The van der Waals surface area contributed by atoms with Crippen LogP contribution in [-0.2, 0) is 4.79 Å². The third-order valence-corrected chi connectivity index (χ3v) is 5.16. The zero-order chi connectivity index (χ0) is 18.8. The third kappa shape index (κ3) is 3.54. The molecule has 6 nitrogen and oxygen atoms in total. The number of hydrogen-bond donors (Lipinski definition) is 1. The average Bonchev–Trinajstić information content (AvgIpc) is 3.06. The normalized spacial score (nSPS) is 13.5. The smallest absolute Gasteiger partial charge is 0.328 e. The molecule has 26 heavy (non-hydrogen) atoms. The van der Waals surface area contributed by atoms with E-state index in [9.17, 15) is 9.59 Å². The Labute approximate surface area is 154 Å². The third-order valence-electron chi connectivity index (χ3n) is 4.39. The van der Waals surface area contributed by atoms with Crippen LogP contribution in [0.3, 0.4) is 0 Å². The van der Waals surface area contributed by atoms with E-state index in [1.54, 1.807) is 12.1 Å². The van der Waals surface area contributed by atoms with Gasteiger partial charge in [-0.15, -0.1) is 11.3 Å². The summed E-state index contributed by atoms with van der Waals surface area (Å²) >= 11 is 1.47. The highest BCUT2D eigenvalue weighted by Gasteiger charge is 2.22. The molecule has 0 amide bonds. The van der Waals surface area contributed by atoms with Crippen molar-refractivity contribution in [2.75, 3.05) is 0 Å². The lowest BCUT2D eigenvalue weighted by Crippen LogP contribution is -2.39. The number of esters is 1. The number of rotatable bonds is 5. The molecule has 0 saturated carbocycles. The molecule has 0 radical (unpaired) electrons. The molecule has 2 atom stereocenters. The maximum atomic E-state index is 12.7. The first-order chi connectivity index (χ1) is 12.4. The van der Waals surface area contributed by atoms with E-state index in [0.717, 1.165) is 11.4 Å². The van der Waals surface area contributed by atoms with Crippen LogP contribution in [0, 0.1) is 12.8 Å². The van der Waals surface area contributed by atoms with Gasteiger partial charge in [0.25, 0.3) is 0 Å². The van der Waals surface area contributed by atoms with Crippen molar-refractivity contribution in [3.8, 4) is 17.0 Å². The Balaban J connectivity index is 1.91. The molecule has 7 heteroatoms. The van der Waals surface area contributed by atoms with Crippen LogP contribution >= 0.6 is 11.3 Å². The lowest BCUT2D eigenvalue weighted by atomic mass is 10.0. The Bertz CT molecular complexity index is 1010. The highest BCUT2D eigenvalue weighted by molar-refractivity contribution is 7.09. The van der Waals surface area contributed by atoms with E-state index in [4.69, 9.17) is 14.9 Å². The lowest BCUT2D eigenvalue weighted by Gasteiger charge is -2.16. The van der Waals surface area contributed by atoms with Gasteiger partial charge in [-0.05, 0) is 25.0 Å². The van der Waals surface area contributed by atoms with Gasteiger partial charge in [-0.3, -0.25) is 4.79 Å². The molecule has 0 fully saturated rings. The van der Waals surface area contributed by atoms with Crippen molar-refractivity contribution in [3.05, 3.63) is 45.1 Å². The molecule has 0 aliphatic heterocycles. The number of fused-ring (bicyclic) bond motifs is 1. The minimum absolute atomic E-state index is 0.0185. The van der Waals surface area contributed by atoms with Gasteiger partial charge in [-0.1, -0.05) is 20.3 Å². The molecule has 2 aromatic heterocycles. The fraction of sp³-hybridized carbons (Fsp3) is 0.316. The zero-order valence-corrected chi connectivity index (χ0v) is 15.6. The van der Waals surface area contributed by atoms with Gasteiger partial charge in [-0.2, -0.15) is 0 Å². The van der Waals surface area contributed by atoms with Crippen LogP contribution in [0.2, 0.25) is 0 Å². The van der Waals surface area contributed by atoms with E-state index in [-0.39, 0.29) is 11.3 Å². The van der Waals surface area contributed by atoms with Gasteiger partial charge in [0.05, 0.1) is 21.7 Å². The molecule has 3 rings (SSSR count). The predicted octanol–water partition coefficient (Wildman–Crippen LogP) is 3.50. The summed E-state index contributed by atoms with van der Waals surface area (Å²) in [5, 5.41) is 3.10. The number of thiazole rings is 1. The minimum atomic E-state index is -0.696. The van der Waals surface area contributed by atoms with Gasteiger partial charge in [0, 0.05) is 11.4 Å². The van der Waals surface area contributed by atoms with Crippen LogP contribution in [0.4, 0.5) is 0 Å². The molecule has 0 aliphatic rings. The van der Waals surface area contributed by atoms with Crippen LogP contribution in [0.1, 0.15) is 25.3 Å². The highest BCUT2D eigenvalue weighted by Crippen LogP contribution is 2.24. The van der Waals surface area contributed by atoms with Crippen molar-refractivity contribution in [1.29, 1.82) is 0 Å². The van der Waals surface area contributed by atoms with Crippen molar-refractivity contribution in [1.82, 2.24) is 4.98 Å². The first-order valence-corrected chi connectivity index (χ1v) is 9.24. The summed E-state index contributed by atoms with van der Waals surface area (Å²) in [6, 6.07) is 3.98. The van der Waals surface area contributed by atoms with Crippen molar-refractivity contribution in [2.45, 2.75) is 33.2 Å². The summed E-state index contributed by atoms with van der Waals surface area (Å²) in [6.45, 7) is 5.73. The van der Waals surface area contributed by atoms with Crippen LogP contribution in [-0.4, -0.2) is 17.0 Å². The standard InChI is InChI=1S/C19H20N2O4S/c1-4-10(2)17(20)19(23)25-12-5-6-13-16(7-12)24-8-14(18(13)22)15-9-26-11(3)21-15/h5-10,17H,4,20H2,1-3H3/t10-,17-/m1/s1. The van der Waals surface area contributed by atoms with Gasteiger partial charge < -0.3 is 14.9 Å². The van der Waals surface area contributed by atoms with Crippen molar-refractivity contribution in [2.24, 2.45) is 11.7 Å². The van der Waals surface area contributed by atoms with Gasteiger partial charge in [0.15, 0.2) is 0 Å². The molecule has 3 aromatic rings. The van der Waals surface area contributed by atoms with Gasteiger partial charge >= 0.3 is 5.97 Å². The number of benzene rings is 1. The Morgan fingerprint density at radius 3 is 2.85 bits per heavy atom. The van der Waals surface area contributed by atoms with Crippen LogP contribution in [0.15, 0.2) is 39.1 Å². The molecular weight excluding hydrogens is 352 g/mol. The highest BCUT2D eigenvalue weighted by atomic mass is 32.1. The molecule has 2 N–H and O–H groups in total. The number of ether oxygens (including phenoxy) is 1. The average molecular weight is 372 g/mol. The summed E-state index contributed by atoms with van der Waals surface area (Å²) < 4.78 is 10.9. The first-order valence-electron chi connectivity index (χ1n) is 8.36. The second-order valence-corrected chi connectivity index (χ2v) is 7.28. The molecule has 0 saturated heterocycles. The van der Waals surface area contributed by atoms with Crippen molar-refractivity contribution < 1.29 is 13.9 Å². The van der Waals surface area contributed by atoms with E-state index >= 15 is 0 Å². The van der Waals surface area contributed by atoms with Gasteiger partial charge in [-0.25, -0.2) is 9.78 Å². The quantitative estimate of drug-likeness (QED) is 0.544. The second kappa shape index (κ2) is 7.39. The molecule has 136 valence electrons. The number of nitrogens with two attached hydrogens (primary N) is 1. The molecule has 0 unspecified atom stereocenters. The van der Waals surface area contributed by atoms with E-state index in [2.05, 4.69) is 4.98 Å². The summed E-state index contributed by atoms with van der Waals surface area (Å²) in [7, 11) is 0. The number of carbonyl (C=O) groups excluding carboxylic acids is 1. The minimum Gasteiger partial charge on any atom is -0.463 e. The van der Waals surface area contributed by atoms with Crippen LogP contribution in [0.5, 0.6) is 5.75 Å². The fourth-order valence-corrected chi connectivity index (χ4v) is 3.12. The maximum Gasteiger partial charge on any atom is 0.328 e. The van der Waals surface area contributed by atoms with E-state index < -0.39 is 12.0 Å². The van der Waals surface area contributed by atoms with Gasteiger partial charge in [0.1, 0.15) is 23.6 Å². The first kappa shape index (κ1) is 18.3. The number of aromatic nitrogens is 1. The Hall–Kier alpha value is -2.51. The largest absolute Gasteiger partial charge is 0.463 e. The Morgan fingerprint density at radius 2 is 2.19 bits per heavy atom. The summed E-state index contributed by atoms with van der Waals surface area (Å²) in [5.41, 5.74) is 7.06. The molecule has 0 aliphatic carbocycles. The zero-order valence-electron chi connectivity index (χ0n) is 14.8. The Kier molecular flexibility index (Phi) is 5.20. The number of nitrogens with zero attached hydrogens (tertiary/aromatic N) is 1. The van der Waals surface area contributed by atoms with E-state index in [1.165, 1.54) is 23.7 Å². The lowest BCUT2D eigenvalue weighted by molar-refractivity contribution is -0.137. The number of carbonyl (C=O) groups is 1. The van der Waals surface area contributed by atoms with E-state index in [0.29, 0.717) is 28.0 Å². The van der Waals surface area contributed by atoms with E-state index in [1.807, 2.05) is 26.2 Å². The topological polar surface area (TPSA) is 95.4 Å². The summed E-state index contributed by atoms with van der Waals surface area (Å²) in [4.78, 5) is 29.1. The molecule has 1 aromatic carbocycles. The van der Waals surface area contributed by atoms with Crippen LogP contribution < -0.4 is 15.9 Å². The summed E-state index contributed by atoms with van der Waals surface area (Å²) in [5.74, 6) is -0.192.